The van der Waals surface area contributed by atoms with Gasteiger partial charge < -0.3 is 14.5 Å². The van der Waals surface area contributed by atoms with Crippen LogP contribution in [0.3, 0.4) is 0 Å². The van der Waals surface area contributed by atoms with Crippen molar-refractivity contribution in [3.63, 3.8) is 0 Å². The molecule has 0 aromatic heterocycles. The predicted molar refractivity (Wildman–Crippen MR) is 94.8 cm³/mol. The largest absolute Gasteiger partial charge is 0.496 e. The van der Waals surface area contributed by atoms with Gasteiger partial charge in [-0.25, -0.2) is 0 Å². The molecule has 0 saturated carbocycles. The summed E-state index contributed by atoms with van der Waals surface area (Å²) >= 11 is 0. The van der Waals surface area contributed by atoms with Gasteiger partial charge in [-0.15, -0.1) is 0 Å². The van der Waals surface area contributed by atoms with Gasteiger partial charge in [-0.1, -0.05) is 0 Å². The second-order valence-electron chi connectivity index (χ2n) is 7.76. The molecule has 3 aliphatic rings. The van der Waals surface area contributed by atoms with Crippen molar-refractivity contribution in [3.8, 4) is 5.75 Å². The van der Waals surface area contributed by atoms with Crippen LogP contribution >= 0.6 is 0 Å². The molecule has 1 unspecified atom stereocenters. The molecule has 1 spiro atoms. The number of ether oxygens (including phenoxy) is 1. The van der Waals surface area contributed by atoms with Gasteiger partial charge in [-0.05, 0) is 61.8 Å². The van der Waals surface area contributed by atoms with Crippen LogP contribution in [0.4, 0.5) is 0 Å². The van der Waals surface area contributed by atoms with Crippen molar-refractivity contribution in [3.05, 3.63) is 28.8 Å². The lowest BCUT2D eigenvalue weighted by Crippen LogP contribution is -2.48. The van der Waals surface area contributed by atoms with E-state index in [1.54, 1.807) is 7.11 Å². The third-order valence-electron chi connectivity index (χ3n) is 6.23. The molecule has 134 valence electrons. The smallest absolute Gasteiger partial charge is 0.257 e. The topological polar surface area (TPSA) is 49.9 Å². The van der Waals surface area contributed by atoms with Crippen molar-refractivity contribution < 1.29 is 14.3 Å². The zero-order valence-corrected chi connectivity index (χ0v) is 15.1. The van der Waals surface area contributed by atoms with Crippen LogP contribution in [-0.2, 0) is 17.6 Å². The molecule has 2 fully saturated rings. The third kappa shape index (κ3) is 2.60. The monoisotopic (exact) mass is 342 g/mol. The number of aryl methyl sites for hydroxylation is 2. The van der Waals surface area contributed by atoms with Gasteiger partial charge in [0.2, 0.25) is 5.91 Å². The zero-order valence-electron chi connectivity index (χ0n) is 15.1. The summed E-state index contributed by atoms with van der Waals surface area (Å²) < 4.78 is 5.50. The van der Waals surface area contributed by atoms with Gasteiger partial charge in [-0.3, -0.25) is 9.59 Å². The highest BCUT2D eigenvalue weighted by molar-refractivity contribution is 5.98. The Labute approximate surface area is 148 Å². The second-order valence-corrected chi connectivity index (χ2v) is 7.76. The minimum atomic E-state index is -0.368. The Balaban J connectivity index is 1.59. The molecule has 25 heavy (non-hydrogen) atoms. The minimum Gasteiger partial charge on any atom is -0.496 e. The van der Waals surface area contributed by atoms with Gasteiger partial charge in [0.15, 0.2) is 0 Å². The first-order chi connectivity index (χ1) is 12.0. The van der Waals surface area contributed by atoms with E-state index in [-0.39, 0.29) is 17.2 Å². The van der Waals surface area contributed by atoms with Crippen LogP contribution in [0.25, 0.3) is 0 Å². The molecule has 5 nitrogen and oxygen atoms in total. The summed E-state index contributed by atoms with van der Waals surface area (Å²) in [6, 6.07) is 4.05. The summed E-state index contributed by atoms with van der Waals surface area (Å²) in [5, 5.41) is 0. The number of benzene rings is 1. The number of carbonyl (C=O) groups excluding carboxylic acids is 2. The summed E-state index contributed by atoms with van der Waals surface area (Å²) in [4.78, 5) is 29.5. The number of hydrogen-bond donors (Lipinski definition) is 0. The van der Waals surface area contributed by atoms with Crippen molar-refractivity contribution in [1.82, 2.24) is 9.80 Å². The zero-order chi connectivity index (χ0) is 17.6. The van der Waals surface area contributed by atoms with E-state index < -0.39 is 0 Å². The lowest BCUT2D eigenvalue weighted by Gasteiger charge is -2.37. The third-order valence-corrected chi connectivity index (χ3v) is 6.23. The summed E-state index contributed by atoms with van der Waals surface area (Å²) in [7, 11) is 3.50. The highest BCUT2D eigenvalue weighted by Crippen LogP contribution is 2.41. The Bertz CT molecular complexity index is 730. The van der Waals surface area contributed by atoms with E-state index in [1.807, 2.05) is 29.0 Å². The van der Waals surface area contributed by atoms with Gasteiger partial charge in [-0.2, -0.15) is 0 Å². The number of carbonyl (C=O) groups is 2. The second kappa shape index (κ2) is 6.04. The van der Waals surface area contributed by atoms with Crippen LogP contribution in [0.2, 0.25) is 0 Å². The Morgan fingerprint density at radius 2 is 1.88 bits per heavy atom. The number of piperidine rings is 1. The number of fused-ring (bicyclic) bond motifs is 1. The number of nitrogens with zero attached hydrogens (tertiary/aromatic N) is 2. The number of methoxy groups -OCH3 is 1. The number of hydrogen-bond acceptors (Lipinski definition) is 3. The van der Waals surface area contributed by atoms with Gasteiger partial charge in [0.1, 0.15) is 5.75 Å². The molecule has 5 heteroatoms. The molecule has 2 aliphatic heterocycles. The normalized spacial score (nSPS) is 25.6. The molecule has 1 aliphatic carbocycles. The summed E-state index contributed by atoms with van der Waals surface area (Å²) in [6.07, 6.45) is 5.92. The number of likely N-dealkylation sites (tertiary alicyclic amines) is 2. The van der Waals surface area contributed by atoms with E-state index in [1.165, 1.54) is 11.1 Å². The molecular weight excluding hydrogens is 316 g/mol. The van der Waals surface area contributed by atoms with Crippen molar-refractivity contribution in [2.24, 2.45) is 5.41 Å². The van der Waals surface area contributed by atoms with Crippen molar-refractivity contribution in [2.45, 2.75) is 38.5 Å². The molecule has 1 atom stereocenters. The van der Waals surface area contributed by atoms with Crippen LogP contribution in [0.15, 0.2) is 12.1 Å². The van der Waals surface area contributed by atoms with Crippen LogP contribution in [0.1, 0.15) is 47.2 Å². The van der Waals surface area contributed by atoms with Gasteiger partial charge in [0.05, 0.1) is 18.1 Å². The summed E-state index contributed by atoms with van der Waals surface area (Å²) in [5.41, 5.74) is 2.85. The Kier molecular flexibility index (Phi) is 3.97. The summed E-state index contributed by atoms with van der Waals surface area (Å²) in [5.74, 6) is 0.873. The average molecular weight is 342 g/mol. The number of rotatable bonds is 2. The van der Waals surface area contributed by atoms with Crippen molar-refractivity contribution >= 4 is 11.8 Å². The molecule has 2 heterocycles. The fourth-order valence-electron chi connectivity index (χ4n) is 4.80. The first-order valence-electron chi connectivity index (χ1n) is 9.29. The van der Waals surface area contributed by atoms with E-state index in [2.05, 4.69) is 0 Å². The standard InChI is InChI=1S/C20H26N2O3/c1-21-9-4-7-20(19(21)24)8-10-22(13-20)18(23)16-11-14-5-3-6-15(14)12-17(16)25-2/h11-12H,3-10,13H2,1-2H3. The maximum atomic E-state index is 13.2. The van der Waals surface area contributed by atoms with Gasteiger partial charge >= 0.3 is 0 Å². The summed E-state index contributed by atoms with van der Waals surface area (Å²) in [6.45, 7) is 2.01. The van der Waals surface area contributed by atoms with Crippen molar-refractivity contribution in [2.75, 3.05) is 33.8 Å². The van der Waals surface area contributed by atoms with Crippen LogP contribution in [0.5, 0.6) is 5.75 Å². The molecular formula is C20H26N2O3. The molecule has 1 aromatic carbocycles. The van der Waals surface area contributed by atoms with Gasteiger partial charge in [0.25, 0.3) is 5.91 Å². The Hall–Kier alpha value is -2.04. The Morgan fingerprint density at radius 1 is 1.12 bits per heavy atom. The Morgan fingerprint density at radius 3 is 2.64 bits per heavy atom. The van der Waals surface area contributed by atoms with E-state index >= 15 is 0 Å². The average Bonchev–Trinajstić information content (AvgIpc) is 3.25. The lowest BCUT2D eigenvalue weighted by molar-refractivity contribution is -0.143. The number of amides is 2. The molecule has 2 amide bonds. The molecule has 2 saturated heterocycles. The molecule has 1 aromatic rings. The fourth-order valence-corrected chi connectivity index (χ4v) is 4.80. The fraction of sp³-hybridized carbons (Fsp3) is 0.600. The van der Waals surface area contributed by atoms with E-state index in [4.69, 9.17) is 4.74 Å². The maximum Gasteiger partial charge on any atom is 0.257 e. The molecule has 4 rings (SSSR count). The molecule has 0 bridgehead atoms. The molecule has 0 N–H and O–H groups in total. The van der Waals surface area contributed by atoms with E-state index in [9.17, 15) is 9.59 Å². The highest BCUT2D eigenvalue weighted by Gasteiger charge is 2.48. The molecule has 0 radical (unpaired) electrons. The quantitative estimate of drug-likeness (QED) is 0.828. The first kappa shape index (κ1) is 16.4. The van der Waals surface area contributed by atoms with Crippen molar-refractivity contribution in [1.29, 1.82) is 0 Å². The van der Waals surface area contributed by atoms with Crippen LogP contribution < -0.4 is 4.74 Å². The van der Waals surface area contributed by atoms with E-state index in [0.717, 1.165) is 45.1 Å². The maximum absolute atomic E-state index is 13.2. The van der Waals surface area contributed by atoms with Gasteiger partial charge in [0, 0.05) is 26.7 Å². The first-order valence-corrected chi connectivity index (χ1v) is 9.29. The van der Waals surface area contributed by atoms with Crippen LogP contribution in [0, 0.1) is 5.41 Å². The highest BCUT2D eigenvalue weighted by atomic mass is 16.5. The van der Waals surface area contributed by atoms with E-state index in [0.29, 0.717) is 24.4 Å². The SMILES string of the molecule is COc1cc2c(cc1C(=O)N1CCC3(CCCN(C)C3=O)C1)CCC2. The minimum absolute atomic E-state index is 0.00412. The van der Waals surface area contributed by atoms with Crippen LogP contribution in [-0.4, -0.2) is 55.4 Å². The lowest BCUT2D eigenvalue weighted by atomic mass is 9.78. The predicted octanol–water partition coefficient (Wildman–Crippen LogP) is 2.27.